The molecule has 3 aromatic rings. The van der Waals surface area contributed by atoms with Crippen LogP contribution in [0.5, 0.6) is 17.2 Å². The maximum absolute atomic E-state index is 13.8. The molecule has 33 heavy (non-hydrogen) atoms. The van der Waals surface area contributed by atoms with Crippen molar-refractivity contribution in [3.63, 3.8) is 0 Å². The minimum absolute atomic E-state index is 0.104. The number of carbonyl (C=O) groups is 1. The summed E-state index contributed by atoms with van der Waals surface area (Å²) in [6, 6.07) is 12.6. The van der Waals surface area contributed by atoms with Crippen molar-refractivity contribution in [2.45, 2.75) is 32.3 Å². The number of carboxylic acids is 1. The quantitative estimate of drug-likeness (QED) is 0.300. The van der Waals surface area contributed by atoms with Gasteiger partial charge in [-0.2, -0.15) is 0 Å². The van der Waals surface area contributed by atoms with Crippen LogP contribution in [0.3, 0.4) is 0 Å². The number of hydrogen-bond acceptors (Lipinski definition) is 4. The lowest BCUT2D eigenvalue weighted by molar-refractivity contribution is -0.136. The number of carboxylic acid groups (broad SMARTS) is 1. The third kappa shape index (κ3) is 5.93. The van der Waals surface area contributed by atoms with Crippen molar-refractivity contribution in [1.29, 1.82) is 0 Å². The van der Waals surface area contributed by atoms with Crippen molar-refractivity contribution in [1.82, 2.24) is 0 Å². The molecule has 3 rings (SSSR count). The van der Waals surface area contributed by atoms with Crippen LogP contribution >= 0.6 is 31.9 Å². The van der Waals surface area contributed by atoms with Crippen LogP contribution in [0.4, 0.5) is 4.39 Å². The Morgan fingerprint density at radius 1 is 1.03 bits per heavy atom. The molecule has 0 heterocycles. The maximum Gasteiger partial charge on any atom is 0.307 e. The van der Waals surface area contributed by atoms with Crippen LogP contribution in [0.15, 0.2) is 57.5 Å². The topological polar surface area (TPSA) is 76.0 Å². The summed E-state index contributed by atoms with van der Waals surface area (Å²) in [4.78, 5) is 11.1. The Morgan fingerprint density at radius 2 is 1.67 bits per heavy atom. The fourth-order valence-corrected chi connectivity index (χ4v) is 4.92. The molecule has 8 heteroatoms. The largest absolute Gasteiger partial charge is 0.496 e. The molecule has 0 spiro atoms. The van der Waals surface area contributed by atoms with Gasteiger partial charge in [0.05, 0.1) is 22.5 Å². The molecule has 0 saturated carbocycles. The third-order valence-electron chi connectivity index (χ3n) is 5.07. The van der Waals surface area contributed by atoms with E-state index < -0.39 is 17.9 Å². The lowest BCUT2D eigenvalue weighted by atomic mass is 9.94. The van der Waals surface area contributed by atoms with Crippen molar-refractivity contribution in [3.05, 3.63) is 85.5 Å². The van der Waals surface area contributed by atoms with Crippen molar-refractivity contribution in [3.8, 4) is 17.2 Å². The highest BCUT2D eigenvalue weighted by molar-refractivity contribution is 9.11. The Bertz CT molecular complexity index is 1160. The number of ether oxygens (including phenoxy) is 2. The van der Waals surface area contributed by atoms with Crippen LogP contribution < -0.4 is 9.47 Å². The molecule has 1 atom stereocenters. The zero-order valence-corrected chi connectivity index (χ0v) is 21.4. The molecule has 0 fully saturated rings. The molecule has 1 unspecified atom stereocenters. The maximum atomic E-state index is 13.8. The Labute approximate surface area is 208 Å². The van der Waals surface area contributed by atoms with Crippen LogP contribution in [0.2, 0.25) is 0 Å². The summed E-state index contributed by atoms with van der Waals surface area (Å²) in [6.45, 7) is 4.02. The molecule has 3 aromatic carbocycles. The minimum atomic E-state index is -1.17. The SMILES string of the molecule is COc1cc(C(O)c2cccc(F)c2)c(Oc2c(Br)cc(CC(=O)O)cc2Br)cc1C(C)C. The highest BCUT2D eigenvalue weighted by Crippen LogP contribution is 2.44. The fraction of sp³-hybridized carbons (Fsp3) is 0.240. The first-order valence-electron chi connectivity index (χ1n) is 10.1. The van der Waals surface area contributed by atoms with Gasteiger partial charge in [-0.15, -0.1) is 0 Å². The van der Waals surface area contributed by atoms with E-state index in [2.05, 4.69) is 31.9 Å². The van der Waals surface area contributed by atoms with Crippen LogP contribution in [0.25, 0.3) is 0 Å². The van der Waals surface area contributed by atoms with Crippen molar-refractivity contribution in [2.24, 2.45) is 0 Å². The van der Waals surface area contributed by atoms with Gasteiger partial charge in [0, 0.05) is 11.1 Å². The second kappa shape index (κ2) is 10.7. The summed E-state index contributed by atoms with van der Waals surface area (Å²) < 4.78 is 26.7. The smallest absolute Gasteiger partial charge is 0.307 e. The fourth-order valence-electron chi connectivity index (χ4n) is 3.47. The summed E-state index contributed by atoms with van der Waals surface area (Å²) in [5.41, 5.74) is 2.23. The van der Waals surface area contributed by atoms with Gasteiger partial charge in [-0.05, 0) is 85.3 Å². The van der Waals surface area contributed by atoms with Gasteiger partial charge in [0.2, 0.25) is 0 Å². The number of aliphatic hydroxyl groups is 1. The number of halogens is 3. The zero-order chi connectivity index (χ0) is 24.3. The molecule has 5 nitrogen and oxygen atoms in total. The predicted octanol–water partition coefficient (Wildman–Crippen LogP) is 6.98. The lowest BCUT2D eigenvalue weighted by Gasteiger charge is -2.22. The Kier molecular flexibility index (Phi) is 8.15. The van der Waals surface area contributed by atoms with E-state index in [4.69, 9.17) is 14.6 Å². The van der Waals surface area contributed by atoms with Gasteiger partial charge < -0.3 is 19.7 Å². The summed E-state index contributed by atoms with van der Waals surface area (Å²) in [5, 5.41) is 20.2. The number of benzene rings is 3. The van der Waals surface area contributed by atoms with Gasteiger partial charge in [0.15, 0.2) is 5.75 Å². The van der Waals surface area contributed by atoms with E-state index in [9.17, 15) is 14.3 Å². The monoisotopic (exact) mass is 580 g/mol. The van der Waals surface area contributed by atoms with E-state index in [0.717, 1.165) is 5.56 Å². The average molecular weight is 582 g/mol. The first-order valence-corrected chi connectivity index (χ1v) is 11.7. The van der Waals surface area contributed by atoms with E-state index in [1.807, 2.05) is 13.8 Å². The first-order chi connectivity index (χ1) is 15.6. The van der Waals surface area contributed by atoms with E-state index in [0.29, 0.717) is 42.9 Å². The normalized spacial score (nSPS) is 12.0. The third-order valence-corrected chi connectivity index (χ3v) is 6.25. The van der Waals surface area contributed by atoms with Gasteiger partial charge >= 0.3 is 5.97 Å². The average Bonchev–Trinajstić information content (AvgIpc) is 2.74. The number of rotatable bonds is 8. The molecular weight excluding hydrogens is 559 g/mol. The highest BCUT2D eigenvalue weighted by Gasteiger charge is 2.23. The number of hydrogen-bond donors (Lipinski definition) is 2. The molecule has 0 radical (unpaired) electrons. The van der Waals surface area contributed by atoms with E-state index in [1.165, 1.54) is 18.2 Å². The molecule has 0 saturated heterocycles. The van der Waals surface area contributed by atoms with Gasteiger partial charge in [-0.1, -0.05) is 26.0 Å². The van der Waals surface area contributed by atoms with Crippen LogP contribution in [-0.4, -0.2) is 23.3 Å². The summed E-state index contributed by atoms with van der Waals surface area (Å²) >= 11 is 6.90. The number of aliphatic hydroxyl groups excluding tert-OH is 1. The molecule has 0 aromatic heterocycles. The summed E-state index contributed by atoms with van der Waals surface area (Å²) in [6.07, 6.45) is -1.31. The van der Waals surface area contributed by atoms with Gasteiger partial charge in [-0.3, -0.25) is 4.79 Å². The van der Waals surface area contributed by atoms with Crippen molar-refractivity contribution < 1.29 is 28.9 Å². The predicted molar refractivity (Wildman–Crippen MR) is 131 cm³/mol. The lowest BCUT2D eigenvalue weighted by Crippen LogP contribution is -2.06. The van der Waals surface area contributed by atoms with Crippen LogP contribution in [0.1, 0.15) is 48.1 Å². The second-order valence-electron chi connectivity index (χ2n) is 7.81. The highest BCUT2D eigenvalue weighted by atomic mass is 79.9. The Morgan fingerprint density at radius 3 is 2.21 bits per heavy atom. The molecule has 0 bridgehead atoms. The molecule has 2 N–H and O–H groups in total. The van der Waals surface area contributed by atoms with Crippen molar-refractivity contribution in [2.75, 3.05) is 7.11 Å². The standard InChI is InChI=1S/C25H23Br2FO5/c1-13(2)17-11-22(33-25-19(26)7-14(8-20(25)27)9-23(29)30)18(12-21(17)32-3)24(31)15-5-4-6-16(28)10-15/h4-8,10-13,24,31H,9H2,1-3H3,(H,29,30). The molecule has 0 amide bonds. The van der Waals surface area contributed by atoms with E-state index in [-0.39, 0.29) is 12.3 Å². The molecule has 0 aliphatic heterocycles. The van der Waals surface area contributed by atoms with E-state index >= 15 is 0 Å². The Balaban J connectivity index is 2.13. The molecule has 174 valence electrons. The summed E-state index contributed by atoms with van der Waals surface area (Å²) in [7, 11) is 1.55. The molecular formula is C25H23Br2FO5. The minimum Gasteiger partial charge on any atom is -0.496 e. The molecule has 0 aliphatic rings. The second-order valence-corrected chi connectivity index (χ2v) is 9.51. The van der Waals surface area contributed by atoms with Crippen LogP contribution in [-0.2, 0) is 11.2 Å². The van der Waals surface area contributed by atoms with Gasteiger partial charge in [0.25, 0.3) is 0 Å². The number of methoxy groups -OCH3 is 1. The Hall–Kier alpha value is -2.42. The zero-order valence-electron chi connectivity index (χ0n) is 18.2. The van der Waals surface area contributed by atoms with Crippen molar-refractivity contribution >= 4 is 37.8 Å². The first kappa shape index (κ1) is 25.2. The molecule has 0 aliphatic carbocycles. The van der Waals surface area contributed by atoms with Crippen LogP contribution in [0, 0.1) is 5.82 Å². The van der Waals surface area contributed by atoms with Gasteiger partial charge in [-0.25, -0.2) is 4.39 Å². The number of aliphatic carboxylic acids is 1. The van der Waals surface area contributed by atoms with E-state index in [1.54, 1.807) is 37.4 Å². The van der Waals surface area contributed by atoms with Gasteiger partial charge in [0.1, 0.15) is 23.4 Å². The summed E-state index contributed by atoms with van der Waals surface area (Å²) in [5.74, 6) is 0.0598.